The second-order valence-corrected chi connectivity index (χ2v) is 8.52. The van der Waals surface area contributed by atoms with Crippen molar-refractivity contribution in [1.29, 1.82) is 0 Å². The van der Waals surface area contributed by atoms with Gasteiger partial charge in [-0.25, -0.2) is 4.79 Å². The summed E-state index contributed by atoms with van der Waals surface area (Å²) in [6.45, 7) is 2.14. The van der Waals surface area contributed by atoms with Crippen LogP contribution in [0.15, 0.2) is 39.5 Å². The number of carboxylic acid groups (broad SMARTS) is 1. The summed E-state index contributed by atoms with van der Waals surface area (Å²) in [5.74, 6) is 0.0769. The molecule has 0 spiro atoms. The van der Waals surface area contributed by atoms with Gasteiger partial charge < -0.3 is 24.3 Å². The van der Waals surface area contributed by atoms with E-state index in [9.17, 15) is 14.4 Å². The number of aryl methyl sites for hydroxylation is 1. The molecule has 3 aromatic rings. The number of carbonyl (C=O) groups is 2. The van der Waals surface area contributed by atoms with Crippen LogP contribution in [0, 0.1) is 18.8 Å². The van der Waals surface area contributed by atoms with E-state index in [2.05, 4.69) is 5.32 Å². The zero-order valence-electron chi connectivity index (χ0n) is 18.7. The molecule has 1 saturated carbocycles. The summed E-state index contributed by atoms with van der Waals surface area (Å²) in [7, 11) is 1.54. The summed E-state index contributed by atoms with van der Waals surface area (Å²) >= 11 is 0. The molecule has 33 heavy (non-hydrogen) atoms. The van der Waals surface area contributed by atoms with E-state index >= 15 is 0 Å². The Morgan fingerprint density at radius 2 is 1.82 bits per heavy atom. The van der Waals surface area contributed by atoms with Crippen molar-refractivity contribution in [3.8, 4) is 11.5 Å². The molecule has 1 heterocycles. The number of carboxylic acids is 1. The fourth-order valence-corrected chi connectivity index (χ4v) is 4.44. The first-order valence-corrected chi connectivity index (χ1v) is 11.0. The van der Waals surface area contributed by atoms with E-state index < -0.39 is 11.6 Å². The van der Waals surface area contributed by atoms with E-state index in [1.54, 1.807) is 25.1 Å². The van der Waals surface area contributed by atoms with Gasteiger partial charge in [-0.2, -0.15) is 0 Å². The SMILES string of the molecule is COc1ccc2c(c1)c(=O)oc1c(C)c(OCC(=O)NCC3CCC(C(=O)O)CC3)ccc12. The van der Waals surface area contributed by atoms with Gasteiger partial charge in [0, 0.05) is 22.9 Å². The molecule has 0 saturated heterocycles. The zero-order chi connectivity index (χ0) is 23.5. The van der Waals surface area contributed by atoms with Crippen LogP contribution in [0.3, 0.4) is 0 Å². The summed E-state index contributed by atoms with van der Waals surface area (Å²) in [6, 6.07) is 8.85. The number of nitrogens with one attached hydrogen (secondary N) is 1. The van der Waals surface area contributed by atoms with Gasteiger partial charge in [-0.05, 0) is 68.9 Å². The molecule has 1 aromatic heterocycles. The number of rotatable bonds is 7. The first kappa shape index (κ1) is 22.6. The van der Waals surface area contributed by atoms with Crippen molar-refractivity contribution in [2.45, 2.75) is 32.6 Å². The number of benzene rings is 2. The van der Waals surface area contributed by atoms with Crippen molar-refractivity contribution in [2.75, 3.05) is 20.3 Å². The zero-order valence-corrected chi connectivity index (χ0v) is 18.7. The topological polar surface area (TPSA) is 115 Å². The fraction of sp³-hybridized carbons (Fsp3) is 0.400. The standard InChI is InChI=1S/C25H27NO7/c1-14-21(32-13-22(27)26-12-15-3-5-16(6-4-15)24(28)29)10-9-19-18-8-7-17(31-2)11-20(18)25(30)33-23(14)19/h7-11,15-16H,3-6,12-13H2,1-2H3,(H,26,27)(H,28,29). The molecule has 0 bridgehead atoms. The largest absolute Gasteiger partial charge is 0.497 e. The molecule has 0 aliphatic heterocycles. The highest BCUT2D eigenvalue weighted by atomic mass is 16.5. The van der Waals surface area contributed by atoms with Crippen LogP contribution in [0.25, 0.3) is 21.7 Å². The van der Waals surface area contributed by atoms with Gasteiger partial charge in [-0.1, -0.05) is 0 Å². The molecule has 2 aromatic carbocycles. The molecule has 8 nitrogen and oxygen atoms in total. The molecule has 8 heteroatoms. The average Bonchev–Trinajstić information content (AvgIpc) is 2.83. The summed E-state index contributed by atoms with van der Waals surface area (Å²) in [6.07, 6.45) is 2.88. The van der Waals surface area contributed by atoms with Crippen molar-refractivity contribution < 1.29 is 28.6 Å². The van der Waals surface area contributed by atoms with Gasteiger partial charge in [-0.3, -0.25) is 9.59 Å². The maximum absolute atomic E-state index is 12.5. The first-order valence-electron chi connectivity index (χ1n) is 11.0. The number of ether oxygens (including phenoxy) is 2. The fourth-order valence-electron chi connectivity index (χ4n) is 4.44. The van der Waals surface area contributed by atoms with Crippen molar-refractivity contribution in [3.05, 3.63) is 46.3 Å². The van der Waals surface area contributed by atoms with Gasteiger partial charge in [0.25, 0.3) is 5.91 Å². The van der Waals surface area contributed by atoms with E-state index in [1.165, 1.54) is 7.11 Å². The Hall–Kier alpha value is -3.55. The van der Waals surface area contributed by atoms with Crippen LogP contribution < -0.4 is 20.4 Å². The molecule has 0 atom stereocenters. The molecule has 0 radical (unpaired) electrons. The first-order chi connectivity index (χ1) is 15.9. The lowest BCUT2D eigenvalue weighted by molar-refractivity contribution is -0.143. The predicted octanol–water partition coefficient (Wildman–Crippen LogP) is 3.65. The molecule has 2 N–H and O–H groups in total. The molecule has 1 amide bonds. The lowest BCUT2D eigenvalue weighted by Gasteiger charge is -2.26. The number of methoxy groups -OCH3 is 1. The van der Waals surface area contributed by atoms with E-state index in [4.69, 9.17) is 19.0 Å². The smallest absolute Gasteiger partial charge is 0.344 e. The Bertz CT molecular complexity index is 1260. The van der Waals surface area contributed by atoms with E-state index in [0.29, 0.717) is 47.4 Å². The highest BCUT2D eigenvalue weighted by molar-refractivity contribution is 6.06. The molecule has 174 valence electrons. The third kappa shape index (κ3) is 4.79. The monoisotopic (exact) mass is 453 g/mol. The van der Waals surface area contributed by atoms with Gasteiger partial charge in [-0.15, -0.1) is 0 Å². The number of carbonyl (C=O) groups excluding carboxylic acids is 1. The van der Waals surface area contributed by atoms with Crippen molar-refractivity contribution in [3.63, 3.8) is 0 Å². The van der Waals surface area contributed by atoms with E-state index in [-0.39, 0.29) is 24.3 Å². The van der Waals surface area contributed by atoms with E-state index in [1.807, 2.05) is 12.1 Å². The second kappa shape index (κ2) is 9.52. The Kier molecular flexibility index (Phi) is 6.53. The van der Waals surface area contributed by atoms with Crippen LogP contribution in [0.1, 0.15) is 31.2 Å². The third-order valence-electron chi connectivity index (χ3n) is 6.43. The van der Waals surface area contributed by atoms with Crippen molar-refractivity contribution in [1.82, 2.24) is 5.32 Å². The summed E-state index contributed by atoms with van der Waals surface area (Å²) in [5.41, 5.74) is 0.597. The quantitative estimate of drug-likeness (QED) is 0.414. The van der Waals surface area contributed by atoms with Crippen LogP contribution in [-0.2, 0) is 9.59 Å². The van der Waals surface area contributed by atoms with Crippen LogP contribution in [0.2, 0.25) is 0 Å². The molecular weight excluding hydrogens is 426 g/mol. The van der Waals surface area contributed by atoms with Gasteiger partial charge in [0.15, 0.2) is 6.61 Å². The van der Waals surface area contributed by atoms with Crippen molar-refractivity contribution >= 4 is 33.6 Å². The number of hydrogen-bond acceptors (Lipinski definition) is 6. The molecule has 0 unspecified atom stereocenters. The predicted molar refractivity (Wildman–Crippen MR) is 123 cm³/mol. The summed E-state index contributed by atoms with van der Waals surface area (Å²) in [4.78, 5) is 35.9. The van der Waals surface area contributed by atoms with Crippen LogP contribution in [0.5, 0.6) is 11.5 Å². The Morgan fingerprint density at radius 3 is 2.52 bits per heavy atom. The molecule has 1 fully saturated rings. The lowest BCUT2D eigenvalue weighted by Crippen LogP contribution is -2.35. The Labute approximate surface area is 190 Å². The summed E-state index contributed by atoms with van der Waals surface area (Å²) in [5, 5.41) is 13.9. The normalized spacial score (nSPS) is 18.2. The van der Waals surface area contributed by atoms with Crippen LogP contribution >= 0.6 is 0 Å². The second-order valence-electron chi connectivity index (χ2n) is 8.52. The third-order valence-corrected chi connectivity index (χ3v) is 6.43. The highest BCUT2D eigenvalue weighted by Gasteiger charge is 2.26. The van der Waals surface area contributed by atoms with E-state index in [0.717, 1.165) is 23.6 Å². The Balaban J connectivity index is 1.41. The molecule has 1 aliphatic carbocycles. The van der Waals surface area contributed by atoms with Crippen LogP contribution in [-0.4, -0.2) is 37.2 Å². The highest BCUT2D eigenvalue weighted by Crippen LogP contribution is 2.32. The van der Waals surface area contributed by atoms with Crippen LogP contribution in [0.4, 0.5) is 0 Å². The maximum Gasteiger partial charge on any atom is 0.344 e. The minimum atomic E-state index is -0.736. The number of fused-ring (bicyclic) bond motifs is 3. The minimum absolute atomic E-state index is 0.161. The lowest BCUT2D eigenvalue weighted by atomic mass is 9.82. The molecule has 1 aliphatic rings. The minimum Gasteiger partial charge on any atom is -0.497 e. The number of amides is 1. The van der Waals surface area contributed by atoms with Crippen molar-refractivity contribution in [2.24, 2.45) is 11.8 Å². The maximum atomic E-state index is 12.5. The number of aliphatic carboxylic acids is 1. The Morgan fingerprint density at radius 1 is 1.09 bits per heavy atom. The van der Waals surface area contributed by atoms with Gasteiger partial charge in [0.1, 0.15) is 17.1 Å². The van der Waals surface area contributed by atoms with Gasteiger partial charge in [0.2, 0.25) is 0 Å². The molecular formula is C25H27NO7. The summed E-state index contributed by atoms with van der Waals surface area (Å²) < 4.78 is 16.5. The average molecular weight is 453 g/mol. The van der Waals surface area contributed by atoms with Gasteiger partial charge >= 0.3 is 11.6 Å². The molecule has 4 rings (SSSR count). The van der Waals surface area contributed by atoms with Gasteiger partial charge in [0.05, 0.1) is 18.4 Å². The number of hydrogen-bond donors (Lipinski definition) is 2.